The molecule has 2 aromatic rings. The van der Waals surface area contributed by atoms with E-state index in [4.69, 9.17) is 11.6 Å². The summed E-state index contributed by atoms with van der Waals surface area (Å²) in [7, 11) is 0. The maximum atomic E-state index is 11.5. The number of carbonyl (C=O) groups is 1. The molecule has 1 aromatic heterocycles. The van der Waals surface area contributed by atoms with Crippen LogP contribution >= 0.6 is 38.9 Å². The third-order valence-electron chi connectivity index (χ3n) is 2.86. The van der Waals surface area contributed by atoms with Crippen LogP contribution in [-0.2, 0) is 11.3 Å². The number of nitrogens with one attached hydrogen (secondary N) is 1. The van der Waals surface area contributed by atoms with Crippen molar-refractivity contribution in [2.45, 2.75) is 20.4 Å². The van der Waals surface area contributed by atoms with Crippen LogP contribution < -0.4 is 10.2 Å². The molecule has 0 aliphatic heterocycles. The van der Waals surface area contributed by atoms with E-state index in [-0.39, 0.29) is 5.91 Å². The number of amides is 1. The molecule has 0 aliphatic carbocycles. The van der Waals surface area contributed by atoms with Gasteiger partial charge < -0.3 is 5.32 Å². The number of hydrogen-bond acceptors (Lipinski definition) is 4. The fraction of sp³-hybridized carbons (Fsp3) is 0.286. The molecule has 0 saturated carbocycles. The van der Waals surface area contributed by atoms with Gasteiger partial charge >= 0.3 is 0 Å². The lowest BCUT2D eigenvalue weighted by Crippen LogP contribution is -2.27. The van der Waals surface area contributed by atoms with Crippen molar-refractivity contribution in [3.8, 4) is 0 Å². The molecule has 2 rings (SSSR count). The van der Waals surface area contributed by atoms with Gasteiger partial charge in [0.15, 0.2) is 5.13 Å². The third kappa shape index (κ3) is 4.18. The molecule has 112 valence electrons. The highest BCUT2D eigenvalue weighted by molar-refractivity contribution is 9.10. The second kappa shape index (κ2) is 7.24. The summed E-state index contributed by atoms with van der Waals surface area (Å²) in [6.45, 7) is 4.69. The number of halogens is 2. The maximum absolute atomic E-state index is 11.5. The van der Waals surface area contributed by atoms with Crippen LogP contribution in [-0.4, -0.2) is 17.4 Å². The second-order valence-electron chi connectivity index (χ2n) is 4.37. The molecule has 0 spiro atoms. The molecule has 7 heteroatoms. The molecule has 1 N–H and O–H groups in total. The van der Waals surface area contributed by atoms with E-state index >= 15 is 0 Å². The molecule has 0 fully saturated rings. The highest BCUT2D eigenvalue weighted by atomic mass is 79.9. The van der Waals surface area contributed by atoms with Crippen molar-refractivity contribution in [2.24, 2.45) is 0 Å². The summed E-state index contributed by atoms with van der Waals surface area (Å²) in [6, 6.07) is 5.69. The Morgan fingerprint density at radius 3 is 2.90 bits per heavy atom. The Labute approximate surface area is 141 Å². The lowest BCUT2D eigenvalue weighted by molar-refractivity contribution is -0.116. The van der Waals surface area contributed by atoms with E-state index in [1.807, 2.05) is 30.5 Å². The first-order valence-corrected chi connectivity index (χ1v) is 8.47. The minimum atomic E-state index is 0.00560. The van der Waals surface area contributed by atoms with Crippen LogP contribution in [0.25, 0.3) is 0 Å². The van der Waals surface area contributed by atoms with E-state index in [2.05, 4.69) is 26.2 Å². The van der Waals surface area contributed by atoms with Crippen LogP contribution in [0.4, 0.5) is 10.8 Å². The van der Waals surface area contributed by atoms with Gasteiger partial charge in [-0.15, -0.1) is 11.3 Å². The Bertz CT molecular complexity index is 647. The molecular formula is C14H15BrClN3OS. The van der Waals surface area contributed by atoms with E-state index in [0.717, 1.165) is 21.0 Å². The van der Waals surface area contributed by atoms with Gasteiger partial charge in [-0.3, -0.25) is 9.69 Å². The van der Waals surface area contributed by atoms with Gasteiger partial charge in [0.2, 0.25) is 5.91 Å². The first kappa shape index (κ1) is 16.3. The molecule has 0 unspecified atom stereocenters. The predicted molar refractivity (Wildman–Crippen MR) is 92.3 cm³/mol. The van der Waals surface area contributed by atoms with Crippen molar-refractivity contribution in [3.05, 3.63) is 38.8 Å². The fourth-order valence-corrected chi connectivity index (χ4v) is 3.15. The van der Waals surface area contributed by atoms with Crippen LogP contribution in [0.2, 0.25) is 5.02 Å². The summed E-state index contributed by atoms with van der Waals surface area (Å²) in [5.74, 6) is 0.00560. The molecule has 1 heterocycles. The molecule has 0 bridgehead atoms. The fourth-order valence-electron chi connectivity index (χ4n) is 1.79. The Hall–Kier alpha value is -1.11. The van der Waals surface area contributed by atoms with Gasteiger partial charge in [-0.2, -0.15) is 0 Å². The van der Waals surface area contributed by atoms with E-state index in [1.165, 1.54) is 11.3 Å². The van der Waals surface area contributed by atoms with Gasteiger partial charge in [-0.1, -0.05) is 11.6 Å². The Balaban J connectivity index is 2.02. The average molecular weight is 389 g/mol. The van der Waals surface area contributed by atoms with Gasteiger partial charge in [0.25, 0.3) is 0 Å². The number of rotatable bonds is 5. The number of aromatic nitrogens is 1. The molecule has 0 saturated heterocycles. The number of anilines is 2. The number of thiazole rings is 1. The third-order valence-corrected chi connectivity index (χ3v) is 5.01. The summed E-state index contributed by atoms with van der Waals surface area (Å²) in [4.78, 5) is 17.6. The first-order valence-electron chi connectivity index (χ1n) is 6.42. The lowest BCUT2D eigenvalue weighted by Gasteiger charge is -2.14. The molecule has 4 nitrogen and oxygen atoms in total. The Morgan fingerprint density at radius 2 is 2.29 bits per heavy atom. The Morgan fingerprint density at radius 1 is 1.52 bits per heavy atom. The van der Waals surface area contributed by atoms with E-state index < -0.39 is 0 Å². The number of hydrogen-bond donors (Lipinski definition) is 1. The molecule has 1 aromatic carbocycles. The first-order chi connectivity index (χ1) is 10.0. The number of carbonyl (C=O) groups excluding carboxylic acids is 1. The zero-order valence-electron chi connectivity index (χ0n) is 11.7. The standard InChI is InChI=1S/C14H15BrClN3OS/c1-3-19(9(2)20)14-18-11(8-21-14)7-17-10-4-5-12(15)13(16)6-10/h4-6,8,17H,3,7H2,1-2H3. The van der Waals surface area contributed by atoms with E-state index in [9.17, 15) is 4.79 Å². The van der Waals surface area contributed by atoms with Crippen molar-refractivity contribution < 1.29 is 4.79 Å². The summed E-state index contributed by atoms with van der Waals surface area (Å²) in [6.07, 6.45) is 0. The molecule has 0 radical (unpaired) electrons. The van der Waals surface area contributed by atoms with Gasteiger partial charge in [-0.05, 0) is 41.1 Å². The van der Waals surface area contributed by atoms with Gasteiger partial charge in [0.1, 0.15) is 0 Å². The highest BCUT2D eigenvalue weighted by Crippen LogP contribution is 2.26. The molecule has 1 amide bonds. The second-order valence-corrected chi connectivity index (χ2v) is 6.47. The summed E-state index contributed by atoms with van der Waals surface area (Å²) >= 11 is 10.9. The van der Waals surface area contributed by atoms with E-state index in [0.29, 0.717) is 18.1 Å². The predicted octanol–water partition coefficient (Wildman–Crippen LogP) is 4.54. The summed E-state index contributed by atoms with van der Waals surface area (Å²) in [5, 5.41) is 6.61. The quantitative estimate of drug-likeness (QED) is 0.817. The molecule has 0 atom stereocenters. The molecule has 0 aliphatic rings. The lowest BCUT2D eigenvalue weighted by atomic mass is 10.3. The minimum absolute atomic E-state index is 0.00560. The maximum Gasteiger partial charge on any atom is 0.225 e. The van der Waals surface area contributed by atoms with Gasteiger partial charge in [-0.25, -0.2) is 4.98 Å². The van der Waals surface area contributed by atoms with Crippen molar-refractivity contribution in [3.63, 3.8) is 0 Å². The summed E-state index contributed by atoms with van der Waals surface area (Å²) < 4.78 is 0.866. The largest absolute Gasteiger partial charge is 0.379 e. The van der Waals surface area contributed by atoms with Crippen LogP contribution in [0.3, 0.4) is 0 Å². The molecule has 21 heavy (non-hydrogen) atoms. The monoisotopic (exact) mass is 387 g/mol. The Kier molecular flexibility index (Phi) is 5.61. The van der Waals surface area contributed by atoms with Gasteiger partial charge in [0.05, 0.1) is 17.3 Å². The smallest absolute Gasteiger partial charge is 0.225 e. The molecular weight excluding hydrogens is 374 g/mol. The normalized spacial score (nSPS) is 10.5. The number of benzene rings is 1. The van der Waals surface area contributed by atoms with Crippen LogP contribution in [0.15, 0.2) is 28.1 Å². The topological polar surface area (TPSA) is 45.2 Å². The highest BCUT2D eigenvalue weighted by Gasteiger charge is 2.13. The zero-order chi connectivity index (χ0) is 15.4. The number of nitrogens with zero attached hydrogens (tertiary/aromatic N) is 2. The van der Waals surface area contributed by atoms with Crippen molar-refractivity contribution in [1.82, 2.24) is 4.98 Å². The average Bonchev–Trinajstić information content (AvgIpc) is 2.89. The van der Waals surface area contributed by atoms with E-state index in [1.54, 1.807) is 11.8 Å². The van der Waals surface area contributed by atoms with Gasteiger partial charge in [0, 0.05) is 29.0 Å². The van der Waals surface area contributed by atoms with Crippen LogP contribution in [0.5, 0.6) is 0 Å². The van der Waals surface area contributed by atoms with Crippen LogP contribution in [0, 0.1) is 0 Å². The summed E-state index contributed by atoms with van der Waals surface area (Å²) in [5.41, 5.74) is 1.82. The SMILES string of the molecule is CCN(C(C)=O)c1nc(CNc2ccc(Br)c(Cl)c2)cs1. The van der Waals surface area contributed by atoms with Crippen molar-refractivity contribution >= 4 is 55.6 Å². The minimum Gasteiger partial charge on any atom is -0.379 e. The van der Waals surface area contributed by atoms with Crippen LogP contribution in [0.1, 0.15) is 19.5 Å². The zero-order valence-corrected chi connectivity index (χ0v) is 14.8. The van der Waals surface area contributed by atoms with Crippen molar-refractivity contribution in [1.29, 1.82) is 0 Å². The van der Waals surface area contributed by atoms with Crippen molar-refractivity contribution in [2.75, 3.05) is 16.8 Å².